The zero-order valence-electron chi connectivity index (χ0n) is 10.8. The first-order chi connectivity index (χ1) is 8.79. The molecule has 0 saturated heterocycles. The molecule has 2 aromatic rings. The molecule has 0 radical (unpaired) electrons. The number of aromatic carboxylic acids is 1. The van der Waals surface area contributed by atoms with E-state index in [-0.39, 0.29) is 11.0 Å². The molecule has 0 aliphatic carbocycles. The van der Waals surface area contributed by atoms with Gasteiger partial charge >= 0.3 is 5.97 Å². The number of aromatic nitrogens is 4. The van der Waals surface area contributed by atoms with E-state index in [0.29, 0.717) is 16.5 Å². The van der Waals surface area contributed by atoms with E-state index in [4.69, 9.17) is 16.7 Å². The van der Waals surface area contributed by atoms with Crippen molar-refractivity contribution >= 4 is 17.6 Å². The first-order valence-corrected chi connectivity index (χ1v) is 6.00. The summed E-state index contributed by atoms with van der Waals surface area (Å²) in [4.78, 5) is 11.0. The molecule has 6 nitrogen and oxygen atoms in total. The van der Waals surface area contributed by atoms with E-state index in [9.17, 15) is 4.79 Å². The fraction of sp³-hybridized carbons (Fsp3) is 0.333. The number of halogens is 1. The van der Waals surface area contributed by atoms with Gasteiger partial charge in [-0.15, -0.1) is 5.10 Å². The number of carboxylic acid groups (broad SMARTS) is 1. The number of hydrogen-bond donors (Lipinski definition) is 1. The molecule has 1 aromatic carbocycles. The molecule has 0 aliphatic heterocycles. The van der Waals surface area contributed by atoms with E-state index in [2.05, 4.69) is 15.5 Å². The van der Waals surface area contributed by atoms with Crippen LogP contribution in [0, 0.1) is 0 Å². The maximum Gasteiger partial charge on any atom is 0.335 e. The molecule has 1 heterocycles. The summed E-state index contributed by atoms with van der Waals surface area (Å²) in [5.74, 6) is -0.416. The number of hydrogen-bond acceptors (Lipinski definition) is 4. The Morgan fingerprint density at radius 2 is 2.00 bits per heavy atom. The molecule has 0 bridgehead atoms. The quantitative estimate of drug-likeness (QED) is 0.913. The summed E-state index contributed by atoms with van der Waals surface area (Å²) < 4.78 is 1.50. The van der Waals surface area contributed by atoms with Gasteiger partial charge in [0.05, 0.1) is 11.3 Å². The summed E-state index contributed by atoms with van der Waals surface area (Å²) in [6.07, 6.45) is 0. The van der Waals surface area contributed by atoms with Crippen molar-refractivity contribution in [2.75, 3.05) is 0 Å². The van der Waals surface area contributed by atoms with Crippen molar-refractivity contribution in [1.29, 1.82) is 0 Å². The molecule has 7 heteroatoms. The van der Waals surface area contributed by atoms with Gasteiger partial charge in [0.25, 0.3) is 0 Å². The molecule has 1 aromatic heterocycles. The molecular formula is C12H13ClN4O2. The first-order valence-electron chi connectivity index (χ1n) is 5.62. The van der Waals surface area contributed by atoms with Crippen LogP contribution in [0.4, 0.5) is 0 Å². The highest BCUT2D eigenvalue weighted by Gasteiger charge is 2.23. The van der Waals surface area contributed by atoms with Crippen molar-refractivity contribution in [1.82, 2.24) is 20.2 Å². The van der Waals surface area contributed by atoms with Gasteiger partial charge in [-0.1, -0.05) is 32.4 Å². The Labute approximate surface area is 115 Å². The molecule has 19 heavy (non-hydrogen) atoms. The van der Waals surface area contributed by atoms with E-state index >= 15 is 0 Å². The fourth-order valence-corrected chi connectivity index (χ4v) is 1.88. The van der Waals surface area contributed by atoms with Crippen LogP contribution in [0.3, 0.4) is 0 Å². The molecule has 0 saturated carbocycles. The third-order valence-electron chi connectivity index (χ3n) is 2.51. The summed E-state index contributed by atoms with van der Waals surface area (Å²) in [6, 6.07) is 4.49. The smallest absolute Gasteiger partial charge is 0.335 e. The fourth-order valence-electron chi connectivity index (χ4n) is 1.65. The molecular weight excluding hydrogens is 268 g/mol. The van der Waals surface area contributed by atoms with Crippen LogP contribution in [0.5, 0.6) is 0 Å². The first kappa shape index (κ1) is 13.5. The number of benzene rings is 1. The van der Waals surface area contributed by atoms with E-state index in [1.165, 1.54) is 16.8 Å². The highest BCUT2D eigenvalue weighted by Crippen LogP contribution is 2.24. The van der Waals surface area contributed by atoms with Gasteiger partial charge in [-0.3, -0.25) is 0 Å². The standard InChI is InChI=1S/C12H13ClN4O2/c1-12(2,3)11-14-15-16-17(11)9-5-7(10(18)19)4-8(13)6-9/h4-6H,1-3H3,(H,18,19). The SMILES string of the molecule is CC(C)(C)c1nnnn1-c1cc(Cl)cc(C(=O)O)c1. The lowest BCUT2D eigenvalue weighted by molar-refractivity contribution is 0.0697. The predicted molar refractivity (Wildman–Crippen MR) is 69.8 cm³/mol. The number of nitrogens with zero attached hydrogens (tertiary/aromatic N) is 4. The molecule has 0 unspecified atom stereocenters. The third-order valence-corrected chi connectivity index (χ3v) is 2.73. The lowest BCUT2D eigenvalue weighted by Gasteiger charge is -2.17. The minimum absolute atomic E-state index is 0.0952. The minimum Gasteiger partial charge on any atom is -0.478 e. The number of carbonyl (C=O) groups is 1. The second-order valence-electron chi connectivity index (χ2n) is 5.17. The third kappa shape index (κ3) is 2.73. The van der Waals surface area contributed by atoms with Crippen molar-refractivity contribution in [3.8, 4) is 5.69 Å². The lowest BCUT2D eigenvalue weighted by atomic mass is 9.95. The molecule has 0 atom stereocenters. The summed E-state index contributed by atoms with van der Waals surface area (Å²) in [6.45, 7) is 5.91. The van der Waals surface area contributed by atoms with Gasteiger partial charge in [0, 0.05) is 10.4 Å². The van der Waals surface area contributed by atoms with Crippen molar-refractivity contribution in [2.45, 2.75) is 26.2 Å². The highest BCUT2D eigenvalue weighted by atomic mass is 35.5. The lowest BCUT2D eigenvalue weighted by Crippen LogP contribution is -2.19. The molecule has 2 rings (SSSR count). The average Bonchev–Trinajstić information content (AvgIpc) is 2.76. The summed E-state index contributed by atoms with van der Waals surface area (Å²) in [5, 5.41) is 20.9. The minimum atomic E-state index is -1.05. The Bertz CT molecular complexity index is 631. The number of carboxylic acids is 1. The summed E-state index contributed by atoms with van der Waals surface area (Å²) >= 11 is 5.93. The van der Waals surface area contributed by atoms with Crippen molar-refractivity contribution < 1.29 is 9.90 Å². The van der Waals surface area contributed by atoms with E-state index in [0.717, 1.165) is 0 Å². The van der Waals surface area contributed by atoms with Gasteiger partial charge in [0.2, 0.25) is 0 Å². The predicted octanol–water partition coefficient (Wildman–Crippen LogP) is 2.31. The van der Waals surface area contributed by atoms with Crippen LogP contribution in [-0.4, -0.2) is 31.3 Å². The van der Waals surface area contributed by atoms with Gasteiger partial charge in [-0.05, 0) is 28.6 Å². The molecule has 0 spiro atoms. The Hall–Kier alpha value is -1.95. The molecule has 0 aliphatic rings. The normalized spacial score (nSPS) is 11.6. The van der Waals surface area contributed by atoms with Crippen LogP contribution in [0.2, 0.25) is 5.02 Å². The Morgan fingerprint density at radius 1 is 1.32 bits per heavy atom. The van der Waals surface area contributed by atoms with Crippen LogP contribution in [0.1, 0.15) is 37.0 Å². The zero-order valence-corrected chi connectivity index (χ0v) is 11.5. The van der Waals surface area contributed by atoms with Gasteiger partial charge in [0.1, 0.15) is 0 Å². The van der Waals surface area contributed by atoms with Gasteiger partial charge in [0.15, 0.2) is 5.82 Å². The van der Waals surface area contributed by atoms with Crippen LogP contribution < -0.4 is 0 Å². The van der Waals surface area contributed by atoms with Crippen LogP contribution >= 0.6 is 11.6 Å². The van der Waals surface area contributed by atoms with Crippen molar-refractivity contribution in [3.63, 3.8) is 0 Å². The number of rotatable bonds is 2. The van der Waals surface area contributed by atoms with Gasteiger partial charge in [-0.2, -0.15) is 4.68 Å². The van der Waals surface area contributed by atoms with Gasteiger partial charge in [-0.25, -0.2) is 4.79 Å². The highest BCUT2D eigenvalue weighted by molar-refractivity contribution is 6.31. The zero-order chi connectivity index (χ0) is 14.2. The van der Waals surface area contributed by atoms with Crippen LogP contribution in [0.25, 0.3) is 5.69 Å². The molecule has 1 N–H and O–H groups in total. The van der Waals surface area contributed by atoms with E-state index in [1.807, 2.05) is 20.8 Å². The van der Waals surface area contributed by atoms with Crippen LogP contribution in [0.15, 0.2) is 18.2 Å². The molecule has 0 amide bonds. The second-order valence-corrected chi connectivity index (χ2v) is 5.60. The topological polar surface area (TPSA) is 80.9 Å². The van der Waals surface area contributed by atoms with E-state index in [1.54, 1.807) is 6.07 Å². The Kier molecular flexibility index (Phi) is 3.28. The molecule has 0 fully saturated rings. The molecule has 100 valence electrons. The van der Waals surface area contributed by atoms with Gasteiger partial charge < -0.3 is 5.11 Å². The number of tetrazole rings is 1. The summed E-state index contributed by atoms with van der Waals surface area (Å²) in [7, 11) is 0. The van der Waals surface area contributed by atoms with Crippen molar-refractivity contribution in [3.05, 3.63) is 34.6 Å². The largest absolute Gasteiger partial charge is 0.478 e. The Morgan fingerprint density at radius 3 is 2.58 bits per heavy atom. The maximum atomic E-state index is 11.0. The Balaban J connectivity index is 2.60. The monoisotopic (exact) mass is 280 g/mol. The van der Waals surface area contributed by atoms with E-state index < -0.39 is 5.97 Å². The second kappa shape index (κ2) is 4.62. The maximum absolute atomic E-state index is 11.0. The summed E-state index contributed by atoms with van der Waals surface area (Å²) in [5.41, 5.74) is 0.354. The van der Waals surface area contributed by atoms with Crippen LogP contribution in [-0.2, 0) is 5.41 Å². The van der Waals surface area contributed by atoms with Crippen molar-refractivity contribution in [2.24, 2.45) is 0 Å². The average molecular weight is 281 g/mol.